The Hall–Kier alpha value is -3.48. The van der Waals surface area contributed by atoms with E-state index in [2.05, 4.69) is 15.6 Å². The molecule has 0 atom stereocenters. The number of anilines is 1. The molecule has 1 fully saturated rings. The average Bonchev–Trinajstić information content (AvgIpc) is 3.48. The molecule has 0 aliphatic heterocycles. The first-order valence-corrected chi connectivity index (χ1v) is 8.75. The van der Waals surface area contributed by atoms with E-state index < -0.39 is 0 Å². The molecule has 136 valence electrons. The molecule has 0 saturated heterocycles. The Morgan fingerprint density at radius 3 is 2.74 bits per heavy atom. The number of amides is 2. The number of fused-ring (bicyclic) bond motifs is 1. The Morgan fingerprint density at radius 1 is 1.11 bits per heavy atom. The third-order valence-corrected chi connectivity index (χ3v) is 4.37. The monoisotopic (exact) mass is 362 g/mol. The molecule has 1 heterocycles. The molecule has 1 aliphatic carbocycles. The van der Waals surface area contributed by atoms with Gasteiger partial charge in [0.05, 0.1) is 17.2 Å². The molecule has 1 saturated carbocycles. The van der Waals surface area contributed by atoms with E-state index in [-0.39, 0.29) is 30.0 Å². The smallest absolute Gasteiger partial charge is 0.261 e. The molecule has 3 aromatic rings. The number of nitrogens with zero attached hydrogens (tertiary/aromatic N) is 2. The van der Waals surface area contributed by atoms with E-state index in [1.54, 1.807) is 48.5 Å². The molecule has 27 heavy (non-hydrogen) atoms. The largest absolute Gasteiger partial charge is 0.349 e. The van der Waals surface area contributed by atoms with Crippen LogP contribution in [0.25, 0.3) is 10.9 Å². The highest BCUT2D eigenvalue weighted by molar-refractivity contribution is 5.97. The van der Waals surface area contributed by atoms with Gasteiger partial charge in [-0.2, -0.15) is 0 Å². The summed E-state index contributed by atoms with van der Waals surface area (Å²) in [5, 5.41) is 6.10. The van der Waals surface area contributed by atoms with Crippen LogP contribution in [0.5, 0.6) is 0 Å². The maximum Gasteiger partial charge on any atom is 0.261 e. The van der Waals surface area contributed by atoms with Gasteiger partial charge in [0.2, 0.25) is 5.91 Å². The normalized spacial score (nSPS) is 13.3. The lowest BCUT2D eigenvalue weighted by Gasteiger charge is -2.09. The van der Waals surface area contributed by atoms with Gasteiger partial charge in [-0.05, 0) is 43.2 Å². The molecule has 0 bridgehead atoms. The van der Waals surface area contributed by atoms with Crippen LogP contribution < -0.4 is 16.2 Å². The number of carbonyl (C=O) groups excluding carboxylic acids is 2. The van der Waals surface area contributed by atoms with Gasteiger partial charge in [0.1, 0.15) is 6.54 Å². The summed E-state index contributed by atoms with van der Waals surface area (Å²) < 4.78 is 1.27. The van der Waals surface area contributed by atoms with Crippen LogP contribution in [-0.2, 0) is 11.3 Å². The molecule has 1 aromatic heterocycles. The maximum absolute atomic E-state index is 12.5. The summed E-state index contributed by atoms with van der Waals surface area (Å²) in [6, 6.07) is 14.0. The molecule has 0 unspecified atom stereocenters. The number of hydrogen-bond acceptors (Lipinski definition) is 4. The summed E-state index contributed by atoms with van der Waals surface area (Å²) in [4.78, 5) is 41.1. The van der Waals surface area contributed by atoms with Crippen molar-refractivity contribution in [3.63, 3.8) is 0 Å². The van der Waals surface area contributed by atoms with Crippen LogP contribution in [0.15, 0.2) is 59.7 Å². The first-order valence-electron chi connectivity index (χ1n) is 8.75. The Balaban J connectivity index is 1.47. The third kappa shape index (κ3) is 3.87. The first kappa shape index (κ1) is 17.0. The Morgan fingerprint density at radius 2 is 1.93 bits per heavy atom. The van der Waals surface area contributed by atoms with Crippen molar-refractivity contribution in [1.82, 2.24) is 14.9 Å². The van der Waals surface area contributed by atoms with Crippen molar-refractivity contribution in [3.8, 4) is 0 Å². The first-order chi connectivity index (χ1) is 13.1. The molecule has 7 heteroatoms. The fraction of sp³-hybridized carbons (Fsp3) is 0.200. The van der Waals surface area contributed by atoms with Crippen LogP contribution in [0.2, 0.25) is 0 Å². The van der Waals surface area contributed by atoms with Gasteiger partial charge in [0.25, 0.3) is 11.5 Å². The van der Waals surface area contributed by atoms with E-state index in [4.69, 9.17) is 0 Å². The van der Waals surface area contributed by atoms with Gasteiger partial charge >= 0.3 is 0 Å². The van der Waals surface area contributed by atoms with Gasteiger partial charge in [0, 0.05) is 17.3 Å². The topological polar surface area (TPSA) is 93.1 Å². The highest BCUT2D eigenvalue weighted by atomic mass is 16.2. The molecule has 1 aliphatic rings. The van der Waals surface area contributed by atoms with Crippen LogP contribution in [0.4, 0.5) is 5.69 Å². The summed E-state index contributed by atoms with van der Waals surface area (Å²) >= 11 is 0. The lowest BCUT2D eigenvalue weighted by molar-refractivity contribution is -0.116. The van der Waals surface area contributed by atoms with Gasteiger partial charge in [-0.1, -0.05) is 18.2 Å². The van der Waals surface area contributed by atoms with Crippen molar-refractivity contribution in [2.75, 3.05) is 5.32 Å². The summed E-state index contributed by atoms with van der Waals surface area (Å²) in [6.45, 7) is -0.158. The predicted octanol–water partition coefficient (Wildman–Crippen LogP) is 1.93. The molecule has 7 nitrogen and oxygen atoms in total. The van der Waals surface area contributed by atoms with Crippen molar-refractivity contribution in [1.29, 1.82) is 0 Å². The summed E-state index contributed by atoms with van der Waals surface area (Å²) in [5.74, 6) is -0.516. The van der Waals surface area contributed by atoms with Crippen LogP contribution in [0.1, 0.15) is 23.2 Å². The number of benzene rings is 2. The lowest BCUT2D eigenvalue weighted by Crippen LogP contribution is -2.28. The third-order valence-electron chi connectivity index (χ3n) is 4.37. The van der Waals surface area contributed by atoms with Crippen molar-refractivity contribution in [2.45, 2.75) is 25.4 Å². The van der Waals surface area contributed by atoms with E-state index in [1.807, 2.05) is 0 Å². The minimum absolute atomic E-state index is 0.149. The van der Waals surface area contributed by atoms with Crippen LogP contribution >= 0.6 is 0 Å². The fourth-order valence-corrected chi connectivity index (χ4v) is 2.81. The molecular formula is C20H18N4O3. The molecule has 2 N–H and O–H groups in total. The van der Waals surface area contributed by atoms with E-state index in [9.17, 15) is 14.4 Å². The van der Waals surface area contributed by atoms with Crippen LogP contribution in [0, 0.1) is 0 Å². The van der Waals surface area contributed by atoms with Gasteiger partial charge in [-0.15, -0.1) is 0 Å². The maximum atomic E-state index is 12.5. The van der Waals surface area contributed by atoms with E-state index >= 15 is 0 Å². The molecular weight excluding hydrogens is 344 g/mol. The quantitative estimate of drug-likeness (QED) is 0.725. The number of nitrogens with one attached hydrogen (secondary N) is 2. The highest BCUT2D eigenvalue weighted by Gasteiger charge is 2.23. The van der Waals surface area contributed by atoms with E-state index in [1.165, 1.54) is 10.9 Å². The SMILES string of the molecule is O=C(Cn1cnc2ccccc2c1=O)Nc1cccc(C(=O)NC2CC2)c1. The minimum Gasteiger partial charge on any atom is -0.349 e. The fourth-order valence-electron chi connectivity index (χ4n) is 2.81. The minimum atomic E-state index is -0.367. The second-order valence-electron chi connectivity index (χ2n) is 6.57. The second kappa shape index (κ2) is 7.03. The van der Waals surface area contributed by atoms with E-state index in [0.717, 1.165) is 12.8 Å². The average molecular weight is 362 g/mol. The standard InChI is InChI=1S/C20H18N4O3/c25-18(11-24-12-21-17-7-2-1-6-16(17)20(24)27)22-15-5-3-4-13(10-15)19(26)23-14-8-9-14/h1-7,10,12,14H,8-9,11H2,(H,22,25)(H,23,26). The Bertz CT molecular complexity index is 1090. The molecule has 4 rings (SSSR count). The molecule has 2 amide bonds. The summed E-state index contributed by atoms with van der Waals surface area (Å²) in [5.41, 5.74) is 1.32. The van der Waals surface area contributed by atoms with Gasteiger partial charge in [-0.25, -0.2) is 4.98 Å². The van der Waals surface area contributed by atoms with Gasteiger partial charge in [-0.3, -0.25) is 19.0 Å². The van der Waals surface area contributed by atoms with Crippen molar-refractivity contribution in [3.05, 3.63) is 70.8 Å². The zero-order valence-electron chi connectivity index (χ0n) is 14.5. The number of para-hydroxylation sites is 1. The summed E-state index contributed by atoms with van der Waals surface area (Å²) in [6.07, 6.45) is 3.39. The second-order valence-corrected chi connectivity index (χ2v) is 6.57. The Kier molecular flexibility index (Phi) is 4.42. The molecule has 0 radical (unpaired) electrons. The lowest BCUT2D eigenvalue weighted by atomic mass is 10.2. The van der Waals surface area contributed by atoms with Crippen molar-refractivity contribution in [2.24, 2.45) is 0 Å². The van der Waals surface area contributed by atoms with E-state index in [0.29, 0.717) is 22.2 Å². The zero-order valence-corrected chi connectivity index (χ0v) is 14.5. The van der Waals surface area contributed by atoms with Crippen LogP contribution in [-0.4, -0.2) is 27.4 Å². The molecule has 0 spiro atoms. The predicted molar refractivity (Wildman–Crippen MR) is 102 cm³/mol. The number of rotatable bonds is 5. The number of aromatic nitrogens is 2. The Labute approximate surface area is 155 Å². The highest BCUT2D eigenvalue weighted by Crippen LogP contribution is 2.20. The van der Waals surface area contributed by atoms with Gasteiger partial charge in [0.15, 0.2) is 0 Å². The number of carbonyl (C=O) groups is 2. The summed E-state index contributed by atoms with van der Waals surface area (Å²) in [7, 11) is 0. The zero-order chi connectivity index (χ0) is 18.8. The number of hydrogen-bond donors (Lipinski definition) is 2. The van der Waals surface area contributed by atoms with Gasteiger partial charge < -0.3 is 10.6 Å². The van der Waals surface area contributed by atoms with Crippen molar-refractivity contribution < 1.29 is 9.59 Å². The van der Waals surface area contributed by atoms with Crippen LogP contribution in [0.3, 0.4) is 0 Å². The van der Waals surface area contributed by atoms with Crippen molar-refractivity contribution >= 4 is 28.4 Å². The molecule has 2 aromatic carbocycles.